The van der Waals surface area contributed by atoms with E-state index < -0.39 is 0 Å². The second-order valence-corrected chi connectivity index (χ2v) is 7.26. The van der Waals surface area contributed by atoms with Crippen LogP contribution in [0.3, 0.4) is 0 Å². The Balaban J connectivity index is 1.94. The van der Waals surface area contributed by atoms with Gasteiger partial charge in [-0.15, -0.1) is 0 Å². The van der Waals surface area contributed by atoms with Crippen LogP contribution in [0.15, 0.2) is 24.3 Å². The lowest BCUT2D eigenvalue weighted by molar-refractivity contribution is -0.283. The Morgan fingerprint density at radius 1 is 1.05 bits per heavy atom. The zero-order valence-electron chi connectivity index (χ0n) is 13.5. The monoisotopic (exact) mass is 287 g/mol. The van der Waals surface area contributed by atoms with Crippen LogP contribution in [0.1, 0.15) is 64.5 Å². The lowest BCUT2D eigenvalue weighted by Crippen LogP contribution is -2.49. The van der Waals surface area contributed by atoms with Crippen LogP contribution in [0, 0.1) is 0 Å². The van der Waals surface area contributed by atoms with Crippen molar-refractivity contribution in [2.45, 2.75) is 70.6 Å². The first kappa shape index (κ1) is 14.7. The highest BCUT2D eigenvalue weighted by atomic mass is 16.7. The highest BCUT2D eigenvalue weighted by molar-refractivity contribution is 5.83. The molecule has 1 atom stereocenters. The van der Waals surface area contributed by atoms with Crippen LogP contribution in [0.25, 0.3) is 0 Å². The summed E-state index contributed by atoms with van der Waals surface area (Å²) >= 11 is 0. The number of carbonyl (C=O) groups is 1. The molecule has 1 saturated carbocycles. The first-order valence-electron chi connectivity index (χ1n) is 7.95. The van der Waals surface area contributed by atoms with E-state index >= 15 is 0 Å². The molecule has 0 aromatic heterocycles. The van der Waals surface area contributed by atoms with Gasteiger partial charge in [-0.3, -0.25) is 9.63 Å². The third-order valence-corrected chi connectivity index (χ3v) is 4.99. The number of ketones is 1. The van der Waals surface area contributed by atoms with Crippen LogP contribution >= 0.6 is 0 Å². The smallest absolute Gasteiger partial charge is 0.163 e. The van der Waals surface area contributed by atoms with Crippen molar-refractivity contribution in [3.05, 3.63) is 35.4 Å². The Labute approximate surface area is 127 Å². The molecule has 0 amide bonds. The number of hydroxylamine groups is 2. The minimum absolute atomic E-state index is 0.224. The molecule has 1 fully saturated rings. The summed E-state index contributed by atoms with van der Waals surface area (Å²) in [7, 11) is 0. The minimum atomic E-state index is -0.272. The predicted molar refractivity (Wildman–Crippen MR) is 82.7 cm³/mol. The van der Waals surface area contributed by atoms with Gasteiger partial charge < -0.3 is 0 Å². The number of rotatable bonds is 2. The third kappa shape index (κ3) is 2.23. The standard InChI is InChI=1S/C18H25NO2/c1-17(2)13-9-5-6-10-14(13)18(3,4)19(17)21-16-12-8-7-11-15(16)20/h5-6,9-10,16H,7-8,11-12H2,1-4H3. The van der Waals surface area contributed by atoms with Crippen molar-refractivity contribution < 1.29 is 9.63 Å². The first-order chi connectivity index (χ1) is 9.85. The van der Waals surface area contributed by atoms with Crippen molar-refractivity contribution in [2.75, 3.05) is 0 Å². The summed E-state index contributed by atoms with van der Waals surface area (Å²) in [6.45, 7) is 8.70. The Hall–Kier alpha value is -1.19. The number of hydrogen-bond donors (Lipinski definition) is 0. The Morgan fingerprint density at radius 2 is 1.62 bits per heavy atom. The zero-order chi connectivity index (χ0) is 15.3. The van der Waals surface area contributed by atoms with E-state index in [4.69, 9.17) is 4.84 Å². The molecule has 21 heavy (non-hydrogen) atoms. The summed E-state index contributed by atoms with van der Waals surface area (Å²) in [5.41, 5.74) is 2.13. The van der Waals surface area contributed by atoms with Gasteiger partial charge in [0.1, 0.15) is 6.10 Å². The lowest BCUT2D eigenvalue weighted by atomic mass is 9.91. The Morgan fingerprint density at radius 3 is 2.14 bits per heavy atom. The quantitative estimate of drug-likeness (QED) is 0.826. The summed E-state index contributed by atoms with van der Waals surface area (Å²) in [6.07, 6.45) is 3.32. The Bertz CT molecular complexity index is 527. The summed E-state index contributed by atoms with van der Waals surface area (Å²) in [6, 6.07) is 8.49. The molecule has 3 nitrogen and oxygen atoms in total. The molecule has 0 bridgehead atoms. The maximum absolute atomic E-state index is 12.1. The molecule has 0 radical (unpaired) electrons. The van der Waals surface area contributed by atoms with E-state index in [1.807, 2.05) is 0 Å². The van der Waals surface area contributed by atoms with Gasteiger partial charge in [0.05, 0.1) is 11.1 Å². The fourth-order valence-corrected chi connectivity index (χ4v) is 3.92. The maximum atomic E-state index is 12.1. The average Bonchev–Trinajstić information content (AvgIpc) is 2.60. The van der Waals surface area contributed by atoms with Gasteiger partial charge in [0.2, 0.25) is 0 Å². The van der Waals surface area contributed by atoms with Crippen LogP contribution in [0.2, 0.25) is 0 Å². The first-order valence-corrected chi connectivity index (χ1v) is 7.95. The lowest BCUT2D eigenvalue weighted by Gasteiger charge is -2.42. The number of hydrogen-bond acceptors (Lipinski definition) is 3. The molecule has 1 aromatic carbocycles. The van der Waals surface area contributed by atoms with Gasteiger partial charge in [-0.1, -0.05) is 24.3 Å². The van der Waals surface area contributed by atoms with Crippen molar-refractivity contribution in [3.8, 4) is 0 Å². The largest absolute Gasteiger partial charge is 0.297 e. The molecule has 1 heterocycles. The molecule has 3 rings (SSSR count). The molecule has 1 aliphatic heterocycles. The SMILES string of the molecule is CC1(C)c2ccccc2C(C)(C)N1OC1CCCCC1=O. The van der Waals surface area contributed by atoms with Crippen LogP contribution < -0.4 is 0 Å². The maximum Gasteiger partial charge on any atom is 0.163 e. The van der Waals surface area contributed by atoms with Gasteiger partial charge in [0.25, 0.3) is 0 Å². The topological polar surface area (TPSA) is 29.5 Å². The van der Waals surface area contributed by atoms with Gasteiger partial charge in [-0.05, 0) is 58.1 Å². The molecule has 3 heteroatoms. The van der Waals surface area contributed by atoms with Crippen LogP contribution in [-0.2, 0) is 20.7 Å². The highest BCUT2D eigenvalue weighted by Gasteiger charge is 2.51. The fraction of sp³-hybridized carbons (Fsp3) is 0.611. The van der Waals surface area contributed by atoms with Crippen molar-refractivity contribution in [3.63, 3.8) is 0 Å². The molecule has 1 aliphatic carbocycles. The minimum Gasteiger partial charge on any atom is -0.297 e. The van der Waals surface area contributed by atoms with Gasteiger partial charge >= 0.3 is 0 Å². The molecule has 0 spiro atoms. The molecule has 2 aliphatic rings. The second kappa shape index (κ2) is 4.92. The molecule has 1 unspecified atom stereocenters. The van der Waals surface area contributed by atoms with E-state index in [0.717, 1.165) is 19.3 Å². The summed E-state index contributed by atoms with van der Waals surface area (Å²) < 4.78 is 0. The van der Waals surface area contributed by atoms with E-state index in [1.165, 1.54) is 11.1 Å². The van der Waals surface area contributed by atoms with Crippen LogP contribution in [0.4, 0.5) is 0 Å². The van der Waals surface area contributed by atoms with Gasteiger partial charge in [0, 0.05) is 6.42 Å². The van der Waals surface area contributed by atoms with Gasteiger partial charge in [0.15, 0.2) is 5.78 Å². The van der Waals surface area contributed by atoms with Gasteiger partial charge in [-0.25, -0.2) is 0 Å². The summed E-state index contributed by atoms with van der Waals surface area (Å²) in [4.78, 5) is 18.4. The molecule has 114 valence electrons. The van der Waals surface area contributed by atoms with Crippen molar-refractivity contribution in [2.24, 2.45) is 0 Å². The summed E-state index contributed by atoms with van der Waals surface area (Å²) in [5.74, 6) is 0.254. The van der Waals surface area contributed by atoms with E-state index in [-0.39, 0.29) is 23.0 Å². The average molecular weight is 287 g/mol. The Kier molecular flexibility index (Phi) is 3.45. The zero-order valence-corrected chi connectivity index (χ0v) is 13.5. The van der Waals surface area contributed by atoms with E-state index in [0.29, 0.717) is 6.42 Å². The number of fused-ring (bicyclic) bond motifs is 1. The highest BCUT2D eigenvalue weighted by Crippen LogP contribution is 2.49. The third-order valence-electron chi connectivity index (χ3n) is 4.99. The van der Waals surface area contributed by atoms with Crippen molar-refractivity contribution in [1.29, 1.82) is 0 Å². The van der Waals surface area contributed by atoms with E-state index in [2.05, 4.69) is 57.0 Å². The number of Topliss-reactive ketones (excluding diaryl/α,β-unsaturated/α-hetero) is 1. The van der Waals surface area contributed by atoms with Crippen molar-refractivity contribution in [1.82, 2.24) is 5.06 Å². The van der Waals surface area contributed by atoms with Crippen molar-refractivity contribution >= 4 is 5.78 Å². The molecule has 0 N–H and O–H groups in total. The predicted octanol–water partition coefficient (Wildman–Crippen LogP) is 3.92. The second-order valence-electron chi connectivity index (χ2n) is 7.26. The molecular formula is C18H25NO2. The van der Waals surface area contributed by atoms with Gasteiger partial charge in [-0.2, -0.15) is 5.06 Å². The number of nitrogens with zero attached hydrogens (tertiary/aromatic N) is 1. The van der Waals surface area contributed by atoms with Crippen LogP contribution in [0.5, 0.6) is 0 Å². The van der Waals surface area contributed by atoms with Crippen LogP contribution in [-0.4, -0.2) is 17.0 Å². The molecule has 0 saturated heterocycles. The normalized spacial score (nSPS) is 27.6. The number of carbonyl (C=O) groups excluding carboxylic acids is 1. The number of benzene rings is 1. The fourth-order valence-electron chi connectivity index (χ4n) is 3.92. The summed E-state index contributed by atoms with van der Waals surface area (Å²) in [5, 5.41) is 2.05. The van der Waals surface area contributed by atoms with E-state index in [9.17, 15) is 4.79 Å². The molecular weight excluding hydrogens is 262 g/mol. The molecule has 1 aromatic rings. The van der Waals surface area contributed by atoms with E-state index in [1.54, 1.807) is 0 Å².